The third kappa shape index (κ3) is 5.91. The molecule has 0 spiro atoms. The summed E-state index contributed by atoms with van der Waals surface area (Å²) in [5, 5.41) is 26.4. The molecule has 0 aromatic heterocycles. The van der Waals surface area contributed by atoms with Gasteiger partial charge in [-0.1, -0.05) is 69.2 Å². The molecule has 4 aliphatic carbocycles. The Hall–Kier alpha value is -2.44. The fourth-order valence-corrected chi connectivity index (χ4v) is 11.0. The van der Waals surface area contributed by atoms with Crippen LogP contribution in [0, 0.1) is 46.8 Å². The molecule has 3 N–H and O–H groups in total. The van der Waals surface area contributed by atoms with Crippen molar-refractivity contribution in [2.45, 2.75) is 138 Å². The van der Waals surface area contributed by atoms with Crippen LogP contribution < -0.4 is 5.32 Å². The van der Waals surface area contributed by atoms with Gasteiger partial charge in [-0.25, -0.2) is 0 Å². The molecule has 6 nitrogen and oxygen atoms in total. The molecule has 4 saturated carbocycles. The van der Waals surface area contributed by atoms with Crippen LogP contribution in [0.4, 0.5) is 0 Å². The Morgan fingerprint density at radius 1 is 1.02 bits per heavy atom. The van der Waals surface area contributed by atoms with Crippen LogP contribution in [-0.2, 0) is 14.3 Å². The number of aryl methyl sites for hydroxylation is 1. The van der Waals surface area contributed by atoms with Gasteiger partial charge in [-0.15, -0.1) is 0 Å². The average molecular weight is 634 g/mol. The fraction of sp³-hybridized carbons (Fsp3) is 0.700. The molecule has 1 amide bonds. The molecule has 1 aromatic rings. The summed E-state index contributed by atoms with van der Waals surface area (Å²) < 4.78 is 6.16. The molecule has 254 valence electrons. The van der Waals surface area contributed by atoms with Gasteiger partial charge in [0.15, 0.2) is 0 Å². The highest BCUT2D eigenvalue weighted by Gasteiger charge is 2.70. The minimum Gasteiger partial charge on any atom is -0.458 e. The Bertz CT molecular complexity index is 1380. The largest absolute Gasteiger partial charge is 0.458 e. The molecular formula is C40H59NO5. The van der Waals surface area contributed by atoms with E-state index in [2.05, 4.69) is 84.1 Å². The summed E-state index contributed by atoms with van der Waals surface area (Å²) >= 11 is 0. The van der Waals surface area contributed by atoms with Crippen LogP contribution >= 0.6 is 0 Å². The first kappa shape index (κ1) is 34.9. The Morgan fingerprint density at radius 3 is 2.33 bits per heavy atom. The number of aliphatic hydroxyl groups excluding tert-OH is 2. The number of esters is 1. The third-order valence-electron chi connectivity index (χ3n) is 13.5. The molecule has 1 aromatic carbocycles. The number of hydrogen-bond donors (Lipinski definition) is 3. The van der Waals surface area contributed by atoms with E-state index in [4.69, 9.17) is 4.74 Å². The summed E-state index contributed by atoms with van der Waals surface area (Å²) in [4.78, 5) is 27.0. The van der Waals surface area contributed by atoms with Crippen molar-refractivity contribution in [2.75, 3.05) is 0 Å². The maximum atomic E-state index is 14.4. The van der Waals surface area contributed by atoms with E-state index in [0.29, 0.717) is 37.2 Å². The molecule has 4 aliphatic rings. The maximum absolute atomic E-state index is 14.4. The zero-order valence-corrected chi connectivity index (χ0v) is 29.8. The van der Waals surface area contributed by atoms with Gasteiger partial charge < -0.3 is 20.3 Å². The first-order valence-corrected chi connectivity index (χ1v) is 17.8. The van der Waals surface area contributed by atoms with E-state index in [1.54, 1.807) is 0 Å². The van der Waals surface area contributed by atoms with Crippen molar-refractivity contribution in [2.24, 2.45) is 39.9 Å². The summed E-state index contributed by atoms with van der Waals surface area (Å²) in [6.07, 6.45) is 6.92. The number of allylic oxidation sites excluding steroid dienone is 2. The molecule has 0 heterocycles. The Kier molecular flexibility index (Phi) is 9.76. The Morgan fingerprint density at radius 2 is 1.70 bits per heavy atom. The van der Waals surface area contributed by atoms with E-state index in [0.717, 1.165) is 36.8 Å². The molecule has 6 heteroatoms. The van der Waals surface area contributed by atoms with Gasteiger partial charge in [-0.3, -0.25) is 9.59 Å². The summed E-state index contributed by atoms with van der Waals surface area (Å²) in [5.74, 6) is 0.0982. The summed E-state index contributed by atoms with van der Waals surface area (Å²) in [6, 6.07) is 8.06. The quantitative estimate of drug-likeness (QED) is 0.162. The van der Waals surface area contributed by atoms with Crippen LogP contribution in [0.5, 0.6) is 0 Å². The monoisotopic (exact) mass is 633 g/mol. The minimum atomic E-state index is -0.544. The van der Waals surface area contributed by atoms with Crippen molar-refractivity contribution in [3.05, 3.63) is 58.2 Å². The SMILES string of the molecule is CC(=O)O[C@H]1C[C@@]2(C)[C@@H](C[C@@H](O)[C@H]3[C@@]4(C)CC[C@@H](O)[C@@H](C)[C@@H]4CC[C@@]32C)/C1=C(\CCC=C(C)C)C(=O)NC(C)c1ccc(C)cc1. The van der Waals surface area contributed by atoms with E-state index in [1.165, 1.54) is 18.1 Å². The maximum Gasteiger partial charge on any atom is 0.303 e. The Balaban J connectivity index is 1.59. The van der Waals surface area contributed by atoms with Gasteiger partial charge in [0.05, 0.1) is 18.2 Å². The first-order valence-electron chi connectivity index (χ1n) is 17.8. The van der Waals surface area contributed by atoms with Gasteiger partial charge in [0, 0.05) is 12.5 Å². The highest BCUT2D eigenvalue weighted by molar-refractivity contribution is 5.95. The lowest BCUT2D eigenvalue weighted by Crippen LogP contribution is -2.65. The number of amides is 1. The zero-order chi connectivity index (χ0) is 33.8. The van der Waals surface area contributed by atoms with Crippen molar-refractivity contribution < 1.29 is 24.5 Å². The number of fused-ring (bicyclic) bond motifs is 5. The molecule has 5 rings (SSSR count). The predicted molar refractivity (Wildman–Crippen MR) is 183 cm³/mol. The van der Waals surface area contributed by atoms with Gasteiger partial charge in [-0.05, 0) is 130 Å². The summed E-state index contributed by atoms with van der Waals surface area (Å²) in [5.41, 5.74) is 4.46. The zero-order valence-electron chi connectivity index (χ0n) is 29.8. The average Bonchev–Trinajstić information content (AvgIpc) is 3.24. The highest BCUT2D eigenvalue weighted by atomic mass is 16.5. The van der Waals surface area contributed by atoms with Crippen LogP contribution in [0.25, 0.3) is 0 Å². The number of carbonyl (C=O) groups is 2. The highest BCUT2D eigenvalue weighted by Crippen LogP contribution is 2.74. The second kappa shape index (κ2) is 12.9. The number of nitrogens with one attached hydrogen (secondary N) is 1. The van der Waals surface area contributed by atoms with Gasteiger partial charge in [0.2, 0.25) is 5.91 Å². The van der Waals surface area contributed by atoms with Crippen LogP contribution in [0.15, 0.2) is 47.1 Å². The molecule has 0 saturated heterocycles. The Labute approximate surface area is 277 Å². The summed E-state index contributed by atoms with van der Waals surface area (Å²) in [6.45, 7) is 19.0. The standard InChI is InChI=1S/C40H59NO5/c1-23(2)11-10-12-29(37(45)41-26(5)28-15-13-24(3)14-16-28)35-31-21-33(44)36-38(7)19-18-32(43)25(4)30(38)17-20-39(36,8)40(31,9)22-34(35)46-27(6)42/h11,13-16,25-26,30-34,36,43-44H,10,12,17-22H2,1-9H3,(H,41,45)/b35-29-/t25-,26?,30-,31-,32+,33+,34-,36-,38-,39-,40-/m0/s1. The second-order valence-corrected chi connectivity index (χ2v) is 16.4. The van der Waals surface area contributed by atoms with E-state index in [1.807, 2.05) is 6.92 Å². The lowest BCUT2D eigenvalue weighted by atomic mass is 9.36. The van der Waals surface area contributed by atoms with E-state index >= 15 is 0 Å². The molecule has 0 bridgehead atoms. The fourth-order valence-electron chi connectivity index (χ4n) is 11.0. The molecule has 0 aliphatic heterocycles. The van der Waals surface area contributed by atoms with Crippen LogP contribution in [0.3, 0.4) is 0 Å². The van der Waals surface area contributed by atoms with Gasteiger partial charge in [-0.2, -0.15) is 0 Å². The van der Waals surface area contributed by atoms with Crippen molar-refractivity contribution in [3.8, 4) is 0 Å². The molecule has 4 fully saturated rings. The number of aliphatic hydroxyl groups is 2. The topological polar surface area (TPSA) is 95.9 Å². The smallest absolute Gasteiger partial charge is 0.303 e. The summed E-state index contributed by atoms with van der Waals surface area (Å²) in [7, 11) is 0. The second-order valence-electron chi connectivity index (χ2n) is 16.4. The lowest BCUT2D eigenvalue weighted by Gasteiger charge is -2.69. The molecule has 1 unspecified atom stereocenters. The van der Waals surface area contributed by atoms with Crippen molar-refractivity contribution >= 4 is 11.9 Å². The number of ether oxygens (including phenoxy) is 1. The van der Waals surface area contributed by atoms with Crippen LogP contribution in [0.1, 0.15) is 124 Å². The van der Waals surface area contributed by atoms with E-state index in [9.17, 15) is 19.8 Å². The predicted octanol–water partition coefficient (Wildman–Crippen LogP) is 7.77. The van der Waals surface area contributed by atoms with Gasteiger partial charge in [0.1, 0.15) is 6.10 Å². The van der Waals surface area contributed by atoms with E-state index in [-0.39, 0.29) is 58.0 Å². The molecule has 0 radical (unpaired) electrons. The van der Waals surface area contributed by atoms with Gasteiger partial charge in [0.25, 0.3) is 0 Å². The molecule has 46 heavy (non-hydrogen) atoms. The van der Waals surface area contributed by atoms with E-state index < -0.39 is 12.2 Å². The minimum absolute atomic E-state index is 0.0665. The van der Waals surface area contributed by atoms with Crippen LogP contribution in [0.2, 0.25) is 0 Å². The van der Waals surface area contributed by atoms with Crippen LogP contribution in [-0.4, -0.2) is 40.4 Å². The van der Waals surface area contributed by atoms with Crippen molar-refractivity contribution in [1.29, 1.82) is 0 Å². The number of hydrogen-bond acceptors (Lipinski definition) is 5. The first-order chi connectivity index (χ1) is 21.5. The molecule has 11 atom stereocenters. The third-order valence-corrected chi connectivity index (χ3v) is 13.5. The lowest BCUT2D eigenvalue weighted by molar-refractivity contribution is -0.234. The number of carbonyl (C=O) groups excluding carboxylic acids is 2. The van der Waals surface area contributed by atoms with Crippen molar-refractivity contribution in [1.82, 2.24) is 5.32 Å². The number of benzene rings is 1. The number of rotatable bonds is 7. The van der Waals surface area contributed by atoms with Crippen molar-refractivity contribution in [3.63, 3.8) is 0 Å². The van der Waals surface area contributed by atoms with Gasteiger partial charge >= 0.3 is 5.97 Å². The normalized spacial score (nSPS) is 40.1. The molecular weight excluding hydrogens is 574 g/mol.